The topological polar surface area (TPSA) is 78.9 Å². The summed E-state index contributed by atoms with van der Waals surface area (Å²) in [7, 11) is 0. The Morgan fingerprint density at radius 1 is 0.296 bits per heavy atom. The fourth-order valence-electron chi connectivity index (χ4n) is 8.41. The second-order valence-corrected chi connectivity index (χ2v) is 19.9. The Labute approximate surface area is 439 Å². The zero-order valence-corrected chi connectivity index (χ0v) is 46.7. The summed E-state index contributed by atoms with van der Waals surface area (Å²) in [5, 5.41) is 0. The number of allylic oxidation sites excluding steroid dienone is 14. The number of hydrogen-bond acceptors (Lipinski definition) is 6. The summed E-state index contributed by atoms with van der Waals surface area (Å²) in [4.78, 5) is 38.0. The molecule has 0 bridgehead atoms. The van der Waals surface area contributed by atoms with Crippen LogP contribution >= 0.6 is 0 Å². The van der Waals surface area contributed by atoms with Gasteiger partial charge in [-0.2, -0.15) is 0 Å². The highest BCUT2D eigenvalue weighted by atomic mass is 16.6. The lowest BCUT2D eigenvalue weighted by molar-refractivity contribution is -0.166. The molecule has 0 saturated carbocycles. The van der Waals surface area contributed by atoms with E-state index in [4.69, 9.17) is 14.2 Å². The quantitative estimate of drug-likeness (QED) is 0.0261. The van der Waals surface area contributed by atoms with Gasteiger partial charge in [-0.1, -0.05) is 273 Å². The summed E-state index contributed by atoms with van der Waals surface area (Å²) >= 11 is 0. The Morgan fingerprint density at radius 2 is 0.577 bits per heavy atom. The van der Waals surface area contributed by atoms with Crippen LogP contribution in [0.5, 0.6) is 0 Å². The van der Waals surface area contributed by atoms with E-state index in [1.54, 1.807) is 0 Å². The van der Waals surface area contributed by atoms with Crippen LogP contribution in [0.4, 0.5) is 0 Å². The van der Waals surface area contributed by atoms with Gasteiger partial charge in [-0.15, -0.1) is 0 Å². The minimum atomic E-state index is -0.812. The predicted molar refractivity (Wildman–Crippen MR) is 307 cm³/mol. The van der Waals surface area contributed by atoms with E-state index in [1.807, 2.05) is 6.08 Å². The molecule has 0 rings (SSSR count). The van der Waals surface area contributed by atoms with Crippen LogP contribution in [0.25, 0.3) is 0 Å². The first-order valence-electron chi connectivity index (χ1n) is 30.1. The SMILES string of the molecule is CC/C=C\C/C=C\C/C=C\C/C=C\CCC(=O)OC(COC(=O)CCCCCCCCCCCCC)COC(=O)CCCCCCCCCCCCCCCC/C=C\C/C=C\C/C=C\CCCCCCC. The fourth-order valence-corrected chi connectivity index (χ4v) is 8.41. The molecule has 0 aliphatic rings. The third kappa shape index (κ3) is 57.4. The molecule has 0 N–H and O–H groups in total. The molecule has 0 radical (unpaired) electrons. The highest BCUT2D eigenvalue weighted by Crippen LogP contribution is 2.16. The van der Waals surface area contributed by atoms with E-state index >= 15 is 0 Å². The van der Waals surface area contributed by atoms with Crippen LogP contribution in [0.15, 0.2) is 85.1 Å². The van der Waals surface area contributed by atoms with Gasteiger partial charge in [-0.3, -0.25) is 14.4 Å². The minimum absolute atomic E-state index is 0.103. The van der Waals surface area contributed by atoms with E-state index in [1.165, 1.54) is 167 Å². The van der Waals surface area contributed by atoms with Crippen molar-refractivity contribution < 1.29 is 28.6 Å². The third-order valence-electron chi connectivity index (χ3n) is 12.9. The average molecular weight is 990 g/mol. The number of carbonyl (C=O) groups is 3. The lowest BCUT2D eigenvalue weighted by Gasteiger charge is -2.18. The van der Waals surface area contributed by atoms with E-state index in [-0.39, 0.29) is 37.5 Å². The average Bonchev–Trinajstić information content (AvgIpc) is 3.37. The Balaban J connectivity index is 4.20. The summed E-state index contributed by atoms with van der Waals surface area (Å²) in [6.45, 7) is 6.46. The molecule has 0 aromatic carbocycles. The number of ether oxygens (including phenoxy) is 3. The Kier molecular flexibility index (Phi) is 56.3. The van der Waals surface area contributed by atoms with Crippen LogP contribution < -0.4 is 0 Å². The van der Waals surface area contributed by atoms with Crippen LogP contribution in [0, 0.1) is 0 Å². The van der Waals surface area contributed by atoms with E-state index in [0.29, 0.717) is 19.3 Å². The summed E-state index contributed by atoms with van der Waals surface area (Å²) in [5.74, 6) is -0.980. The molecule has 0 aromatic rings. The fraction of sp³-hybridized carbons (Fsp3) is 0.738. The van der Waals surface area contributed by atoms with Gasteiger partial charge in [0.1, 0.15) is 13.2 Å². The maximum Gasteiger partial charge on any atom is 0.306 e. The molecule has 0 fully saturated rings. The van der Waals surface area contributed by atoms with Crippen LogP contribution in [0.3, 0.4) is 0 Å². The van der Waals surface area contributed by atoms with E-state index in [2.05, 4.69) is 99.8 Å². The first kappa shape index (κ1) is 67.6. The van der Waals surface area contributed by atoms with Crippen LogP contribution in [-0.4, -0.2) is 37.2 Å². The number of esters is 3. The van der Waals surface area contributed by atoms with Crippen molar-refractivity contribution in [1.29, 1.82) is 0 Å². The van der Waals surface area contributed by atoms with Crippen molar-refractivity contribution in [2.75, 3.05) is 13.2 Å². The molecule has 0 aliphatic carbocycles. The monoisotopic (exact) mass is 989 g/mol. The summed E-state index contributed by atoms with van der Waals surface area (Å²) in [6.07, 6.45) is 77.6. The lowest BCUT2D eigenvalue weighted by atomic mass is 10.0. The number of carbonyl (C=O) groups excluding carboxylic acids is 3. The van der Waals surface area contributed by atoms with Crippen molar-refractivity contribution in [1.82, 2.24) is 0 Å². The second-order valence-electron chi connectivity index (χ2n) is 19.9. The summed E-state index contributed by atoms with van der Waals surface area (Å²) in [6, 6.07) is 0. The molecule has 0 heterocycles. The molecule has 0 aliphatic heterocycles. The molecule has 408 valence electrons. The lowest BCUT2D eigenvalue weighted by Crippen LogP contribution is -2.30. The van der Waals surface area contributed by atoms with Crippen molar-refractivity contribution in [3.05, 3.63) is 85.1 Å². The van der Waals surface area contributed by atoms with Crippen LogP contribution in [0.1, 0.15) is 290 Å². The Morgan fingerprint density at radius 3 is 0.915 bits per heavy atom. The standard InChI is InChI=1S/C65H112O6/c1-4-7-10-13-16-19-22-24-25-26-27-28-29-30-31-32-33-34-35-36-37-38-39-41-43-46-49-52-55-58-64(67)70-61-62(60-69-63(66)57-54-51-48-45-42-21-18-15-12-9-6-3)71-65(68)59-56-53-50-47-44-40-23-20-17-14-11-8-5-2/h8,11,17,20,22,24,26-27,29-30,40,44,50,53,62H,4-7,9-10,12-16,18-19,21,23,25,28,31-39,41-43,45-49,51-52,54-61H2,1-3H3/b11-8-,20-17-,24-22-,27-26-,30-29-,44-40-,53-50-. The zero-order chi connectivity index (χ0) is 51.4. The zero-order valence-electron chi connectivity index (χ0n) is 46.7. The molecule has 6 nitrogen and oxygen atoms in total. The van der Waals surface area contributed by atoms with E-state index < -0.39 is 6.10 Å². The van der Waals surface area contributed by atoms with Crippen LogP contribution in [0.2, 0.25) is 0 Å². The molecule has 0 spiro atoms. The van der Waals surface area contributed by atoms with Gasteiger partial charge in [-0.05, 0) is 83.5 Å². The Bertz CT molecular complexity index is 1370. The maximum atomic E-state index is 12.8. The maximum absolute atomic E-state index is 12.8. The first-order chi connectivity index (χ1) is 35.0. The molecule has 0 aromatic heterocycles. The van der Waals surface area contributed by atoms with Crippen molar-refractivity contribution in [3.63, 3.8) is 0 Å². The van der Waals surface area contributed by atoms with Gasteiger partial charge in [-0.25, -0.2) is 0 Å². The highest BCUT2D eigenvalue weighted by molar-refractivity contribution is 5.71. The predicted octanol–water partition coefficient (Wildman–Crippen LogP) is 20.3. The number of unbranched alkanes of at least 4 members (excludes halogenated alkanes) is 29. The molecule has 0 amide bonds. The smallest absolute Gasteiger partial charge is 0.306 e. The number of rotatable bonds is 54. The van der Waals surface area contributed by atoms with Gasteiger partial charge < -0.3 is 14.2 Å². The Hall–Kier alpha value is -3.41. The van der Waals surface area contributed by atoms with Crippen molar-refractivity contribution in [2.24, 2.45) is 0 Å². The normalized spacial score (nSPS) is 12.7. The molecule has 6 heteroatoms. The molecular weight excluding hydrogens is 877 g/mol. The molecule has 0 saturated heterocycles. The van der Waals surface area contributed by atoms with Crippen molar-refractivity contribution in [2.45, 2.75) is 297 Å². The number of hydrogen-bond donors (Lipinski definition) is 0. The van der Waals surface area contributed by atoms with Gasteiger partial charge in [0.2, 0.25) is 0 Å². The molecular formula is C65H112O6. The summed E-state index contributed by atoms with van der Waals surface area (Å²) in [5.41, 5.74) is 0. The van der Waals surface area contributed by atoms with Crippen molar-refractivity contribution >= 4 is 17.9 Å². The minimum Gasteiger partial charge on any atom is -0.462 e. The van der Waals surface area contributed by atoms with Crippen molar-refractivity contribution in [3.8, 4) is 0 Å². The summed E-state index contributed by atoms with van der Waals surface area (Å²) < 4.78 is 16.8. The van der Waals surface area contributed by atoms with Gasteiger partial charge in [0, 0.05) is 19.3 Å². The largest absolute Gasteiger partial charge is 0.462 e. The molecule has 1 atom stereocenters. The van der Waals surface area contributed by atoms with E-state index in [9.17, 15) is 14.4 Å². The molecule has 71 heavy (non-hydrogen) atoms. The van der Waals surface area contributed by atoms with E-state index in [0.717, 1.165) is 77.0 Å². The van der Waals surface area contributed by atoms with Gasteiger partial charge >= 0.3 is 17.9 Å². The first-order valence-corrected chi connectivity index (χ1v) is 30.1. The van der Waals surface area contributed by atoms with Gasteiger partial charge in [0.05, 0.1) is 0 Å². The third-order valence-corrected chi connectivity index (χ3v) is 12.9. The van der Waals surface area contributed by atoms with Crippen LogP contribution in [-0.2, 0) is 28.6 Å². The van der Waals surface area contributed by atoms with Gasteiger partial charge in [0.15, 0.2) is 6.10 Å². The second kappa shape index (κ2) is 59.2. The highest BCUT2D eigenvalue weighted by Gasteiger charge is 2.19. The molecule has 1 unspecified atom stereocenters. The van der Waals surface area contributed by atoms with Gasteiger partial charge in [0.25, 0.3) is 0 Å².